The maximum atomic E-state index is 12.3. The van der Waals surface area contributed by atoms with Crippen LogP contribution < -0.4 is 0 Å². The number of benzene rings is 1. The Labute approximate surface area is 110 Å². The third-order valence-electron chi connectivity index (χ3n) is 4.62. The minimum atomic E-state index is 0.372. The highest BCUT2D eigenvalue weighted by atomic mass is 16.1. The van der Waals surface area contributed by atoms with Crippen LogP contribution in [0.5, 0.6) is 0 Å². The van der Waals surface area contributed by atoms with E-state index in [0.29, 0.717) is 11.7 Å². The first-order valence-corrected chi connectivity index (χ1v) is 7.48. The van der Waals surface area contributed by atoms with E-state index < -0.39 is 0 Å². The molecule has 0 bridgehead atoms. The fraction of sp³-hybridized carbons (Fsp3) is 0.588. The van der Waals surface area contributed by atoms with Crippen LogP contribution in [0.15, 0.2) is 18.2 Å². The van der Waals surface area contributed by atoms with E-state index in [1.165, 1.54) is 62.5 Å². The lowest BCUT2D eigenvalue weighted by Crippen LogP contribution is -2.12. The molecule has 2 aliphatic rings. The van der Waals surface area contributed by atoms with Crippen molar-refractivity contribution in [1.82, 2.24) is 0 Å². The van der Waals surface area contributed by atoms with E-state index in [0.717, 1.165) is 12.0 Å². The first-order chi connectivity index (χ1) is 8.83. The summed E-state index contributed by atoms with van der Waals surface area (Å²) in [5.74, 6) is 1.02. The Morgan fingerprint density at radius 3 is 2.61 bits per heavy atom. The van der Waals surface area contributed by atoms with E-state index in [9.17, 15) is 4.79 Å². The largest absolute Gasteiger partial charge is 0.294 e. The summed E-state index contributed by atoms with van der Waals surface area (Å²) in [6.45, 7) is 0. The molecule has 0 atom stereocenters. The van der Waals surface area contributed by atoms with Gasteiger partial charge in [-0.3, -0.25) is 4.79 Å². The Balaban J connectivity index is 1.68. The topological polar surface area (TPSA) is 17.1 Å². The Morgan fingerprint density at radius 1 is 1.00 bits per heavy atom. The molecular weight excluding hydrogens is 220 g/mol. The average molecular weight is 242 g/mol. The molecule has 0 saturated heterocycles. The number of hydrogen-bond donors (Lipinski definition) is 0. The third-order valence-corrected chi connectivity index (χ3v) is 4.62. The number of aryl methyl sites for hydroxylation is 2. The quantitative estimate of drug-likeness (QED) is 0.721. The molecule has 0 aromatic heterocycles. The molecule has 0 amide bonds. The second-order valence-corrected chi connectivity index (χ2v) is 5.97. The van der Waals surface area contributed by atoms with E-state index in [1.54, 1.807) is 0 Å². The van der Waals surface area contributed by atoms with Crippen LogP contribution in [0.25, 0.3) is 0 Å². The van der Waals surface area contributed by atoms with Crippen LogP contribution in [0.2, 0.25) is 0 Å². The van der Waals surface area contributed by atoms with E-state index in [-0.39, 0.29) is 0 Å². The Hall–Kier alpha value is -1.11. The van der Waals surface area contributed by atoms with Gasteiger partial charge in [-0.1, -0.05) is 44.2 Å². The molecule has 2 aliphatic carbocycles. The smallest absolute Gasteiger partial charge is 0.163 e. The number of hydrogen-bond acceptors (Lipinski definition) is 1. The van der Waals surface area contributed by atoms with Crippen molar-refractivity contribution < 1.29 is 4.79 Å². The predicted octanol–water partition coefficient (Wildman–Crippen LogP) is 4.33. The predicted molar refractivity (Wildman–Crippen MR) is 74.0 cm³/mol. The fourth-order valence-electron chi connectivity index (χ4n) is 3.52. The van der Waals surface area contributed by atoms with Gasteiger partial charge in [-0.05, 0) is 42.4 Å². The standard InChI is InChI=1S/C17H22O/c18-17(11-13-5-2-1-3-6-13)16-10-9-14-7-4-8-15(14)12-16/h9-10,12-13H,1-8,11H2. The van der Waals surface area contributed by atoms with Crippen molar-refractivity contribution in [3.63, 3.8) is 0 Å². The Kier molecular flexibility index (Phi) is 3.49. The van der Waals surface area contributed by atoms with Crippen molar-refractivity contribution in [2.24, 2.45) is 5.92 Å². The Morgan fingerprint density at radius 2 is 1.78 bits per heavy atom. The van der Waals surface area contributed by atoms with Crippen LogP contribution in [-0.2, 0) is 12.8 Å². The highest BCUT2D eigenvalue weighted by molar-refractivity contribution is 5.96. The second-order valence-electron chi connectivity index (χ2n) is 5.97. The summed E-state index contributed by atoms with van der Waals surface area (Å²) in [5, 5.41) is 0. The number of rotatable bonds is 3. The molecule has 0 spiro atoms. The highest BCUT2D eigenvalue weighted by Crippen LogP contribution is 2.29. The maximum absolute atomic E-state index is 12.3. The minimum absolute atomic E-state index is 0.372. The van der Waals surface area contributed by atoms with Gasteiger partial charge in [0, 0.05) is 12.0 Å². The van der Waals surface area contributed by atoms with Gasteiger partial charge in [-0.15, -0.1) is 0 Å². The zero-order chi connectivity index (χ0) is 12.4. The van der Waals surface area contributed by atoms with Gasteiger partial charge in [0.05, 0.1) is 0 Å². The number of Topliss-reactive ketones (excluding diaryl/α,β-unsaturated/α-hetero) is 1. The maximum Gasteiger partial charge on any atom is 0.163 e. The molecule has 0 N–H and O–H groups in total. The lowest BCUT2D eigenvalue weighted by Gasteiger charge is -2.20. The molecule has 0 radical (unpaired) electrons. The van der Waals surface area contributed by atoms with Gasteiger partial charge in [0.25, 0.3) is 0 Å². The molecule has 1 heteroatoms. The van der Waals surface area contributed by atoms with Gasteiger partial charge < -0.3 is 0 Å². The van der Waals surface area contributed by atoms with Crippen molar-refractivity contribution in [1.29, 1.82) is 0 Å². The zero-order valence-corrected chi connectivity index (χ0v) is 11.1. The molecule has 96 valence electrons. The summed E-state index contributed by atoms with van der Waals surface area (Å²) < 4.78 is 0. The van der Waals surface area contributed by atoms with Crippen molar-refractivity contribution in [2.45, 2.75) is 57.8 Å². The molecule has 1 nitrogen and oxygen atoms in total. The van der Waals surface area contributed by atoms with Crippen molar-refractivity contribution >= 4 is 5.78 Å². The number of ketones is 1. The van der Waals surface area contributed by atoms with E-state index in [2.05, 4.69) is 18.2 Å². The van der Waals surface area contributed by atoms with Gasteiger partial charge in [-0.2, -0.15) is 0 Å². The summed E-state index contributed by atoms with van der Waals surface area (Å²) in [5.41, 5.74) is 3.84. The fourth-order valence-corrected chi connectivity index (χ4v) is 3.52. The summed E-state index contributed by atoms with van der Waals surface area (Å²) in [7, 11) is 0. The molecule has 1 aromatic carbocycles. The van der Waals surface area contributed by atoms with Gasteiger partial charge in [0.2, 0.25) is 0 Å². The molecule has 0 heterocycles. The normalized spacial score (nSPS) is 19.8. The lowest BCUT2D eigenvalue weighted by atomic mass is 9.84. The first kappa shape index (κ1) is 12.0. The van der Waals surface area contributed by atoms with Crippen molar-refractivity contribution in [3.05, 3.63) is 34.9 Å². The molecule has 0 unspecified atom stereocenters. The average Bonchev–Trinajstić information content (AvgIpc) is 2.87. The minimum Gasteiger partial charge on any atom is -0.294 e. The summed E-state index contributed by atoms with van der Waals surface area (Å²) in [6.07, 6.45) is 10.9. The monoisotopic (exact) mass is 242 g/mol. The van der Waals surface area contributed by atoms with Gasteiger partial charge in [0.15, 0.2) is 5.78 Å². The van der Waals surface area contributed by atoms with Crippen LogP contribution in [-0.4, -0.2) is 5.78 Å². The SMILES string of the molecule is O=C(CC1CCCCC1)c1ccc2c(c1)CCC2. The van der Waals surface area contributed by atoms with Crippen LogP contribution in [0.1, 0.15) is 66.4 Å². The summed E-state index contributed by atoms with van der Waals surface area (Å²) >= 11 is 0. The van der Waals surface area contributed by atoms with Crippen molar-refractivity contribution in [3.8, 4) is 0 Å². The molecule has 1 fully saturated rings. The second kappa shape index (κ2) is 5.26. The summed E-state index contributed by atoms with van der Waals surface area (Å²) in [6, 6.07) is 6.39. The van der Waals surface area contributed by atoms with Crippen LogP contribution in [0, 0.1) is 5.92 Å². The molecule has 18 heavy (non-hydrogen) atoms. The van der Waals surface area contributed by atoms with Gasteiger partial charge >= 0.3 is 0 Å². The van der Waals surface area contributed by atoms with Gasteiger partial charge in [0.1, 0.15) is 0 Å². The van der Waals surface area contributed by atoms with E-state index >= 15 is 0 Å². The van der Waals surface area contributed by atoms with E-state index in [4.69, 9.17) is 0 Å². The number of carbonyl (C=O) groups is 1. The molecule has 0 aliphatic heterocycles. The summed E-state index contributed by atoms with van der Waals surface area (Å²) in [4.78, 5) is 12.3. The van der Waals surface area contributed by atoms with E-state index in [1.807, 2.05) is 0 Å². The third kappa shape index (κ3) is 2.50. The number of carbonyl (C=O) groups excluding carboxylic acids is 1. The zero-order valence-electron chi connectivity index (χ0n) is 11.1. The van der Waals surface area contributed by atoms with Gasteiger partial charge in [-0.25, -0.2) is 0 Å². The Bertz CT molecular complexity index is 441. The van der Waals surface area contributed by atoms with Crippen LogP contribution in [0.4, 0.5) is 0 Å². The molecular formula is C17H22O. The van der Waals surface area contributed by atoms with Crippen molar-refractivity contribution in [2.75, 3.05) is 0 Å². The van der Waals surface area contributed by atoms with Crippen LogP contribution >= 0.6 is 0 Å². The highest BCUT2D eigenvalue weighted by Gasteiger charge is 2.19. The molecule has 1 aromatic rings. The number of fused-ring (bicyclic) bond motifs is 1. The lowest BCUT2D eigenvalue weighted by molar-refractivity contribution is 0.0950. The van der Waals surface area contributed by atoms with Crippen LogP contribution in [0.3, 0.4) is 0 Å². The molecule has 3 rings (SSSR count). The molecule has 1 saturated carbocycles. The first-order valence-electron chi connectivity index (χ1n) is 7.48.